The largest absolute Gasteiger partial charge is 0.481 e. The fourth-order valence-electron chi connectivity index (χ4n) is 7.51. The molecule has 76 heavy (non-hydrogen) atoms. The maximum absolute atomic E-state index is 13.7. The van der Waals surface area contributed by atoms with Gasteiger partial charge in [0.05, 0.1) is 18.8 Å². The monoisotopic (exact) mass is 1090 g/mol. The number of unbranched alkanes of at least 4 members (excludes halogenated alkanes) is 1. The Hall–Kier alpha value is -7.25. The van der Waals surface area contributed by atoms with Gasteiger partial charge in [0.15, 0.2) is 5.96 Å². The highest BCUT2D eigenvalue weighted by Crippen LogP contribution is 2.20. The molecule has 1 rings (SSSR count). The van der Waals surface area contributed by atoms with Gasteiger partial charge < -0.3 is 96.5 Å². The van der Waals surface area contributed by atoms with Gasteiger partial charge >= 0.3 is 11.9 Å². The van der Waals surface area contributed by atoms with E-state index in [1.54, 1.807) is 0 Å². The number of aliphatic carboxylic acids is 2. The van der Waals surface area contributed by atoms with Gasteiger partial charge in [-0.25, -0.2) is 4.79 Å². The highest BCUT2D eigenvalue weighted by Gasteiger charge is 2.41. The van der Waals surface area contributed by atoms with Crippen molar-refractivity contribution >= 4 is 77.0 Å². The van der Waals surface area contributed by atoms with Crippen molar-refractivity contribution in [2.45, 2.75) is 172 Å². The Kier molecular flexibility index (Phi) is 29.5. The molecule has 10 amide bonds. The number of carbonyl (C=O) groups is 12. The number of nitrogens with one attached hydrogen (secondary N) is 8. The Balaban J connectivity index is 3.11. The molecule has 0 bridgehead atoms. The lowest BCUT2D eigenvalue weighted by atomic mass is 10.0. The zero-order valence-electron chi connectivity index (χ0n) is 43.5. The van der Waals surface area contributed by atoms with Crippen LogP contribution in [-0.4, -0.2) is 195 Å². The summed E-state index contributed by atoms with van der Waals surface area (Å²) in [4.78, 5) is 160. The van der Waals surface area contributed by atoms with Gasteiger partial charge in [-0.1, -0.05) is 20.3 Å². The molecule has 0 aliphatic carbocycles. The summed E-state index contributed by atoms with van der Waals surface area (Å²) >= 11 is 0. The van der Waals surface area contributed by atoms with Crippen LogP contribution in [0.4, 0.5) is 0 Å². The maximum Gasteiger partial charge on any atom is 0.326 e. The first kappa shape index (κ1) is 66.8. The van der Waals surface area contributed by atoms with Crippen molar-refractivity contribution in [1.29, 1.82) is 0 Å². The van der Waals surface area contributed by atoms with Crippen LogP contribution in [0.2, 0.25) is 0 Å². The molecule has 0 aromatic carbocycles. The van der Waals surface area contributed by atoms with Crippen LogP contribution in [0.25, 0.3) is 0 Å². The van der Waals surface area contributed by atoms with Gasteiger partial charge in [-0.05, 0) is 84.6 Å². The molecule has 31 nitrogen and oxygen atoms in total. The van der Waals surface area contributed by atoms with Crippen LogP contribution < -0.4 is 71.2 Å². The number of aliphatic imine (C=N–C) groups is 1. The van der Waals surface area contributed by atoms with E-state index in [9.17, 15) is 78.0 Å². The van der Waals surface area contributed by atoms with Gasteiger partial charge in [-0.2, -0.15) is 0 Å². The third-order valence-corrected chi connectivity index (χ3v) is 11.9. The van der Waals surface area contributed by atoms with Crippen LogP contribution >= 0.6 is 0 Å². The summed E-state index contributed by atoms with van der Waals surface area (Å²) in [7, 11) is 0. The van der Waals surface area contributed by atoms with E-state index in [0.717, 1.165) is 11.8 Å². The summed E-state index contributed by atoms with van der Waals surface area (Å²) < 4.78 is 0. The van der Waals surface area contributed by atoms with Crippen molar-refractivity contribution in [1.82, 2.24) is 47.4 Å². The lowest BCUT2D eigenvalue weighted by Crippen LogP contribution is -2.62. The molecular weight excluding hydrogens is 1010 g/mol. The molecule has 0 saturated carbocycles. The zero-order chi connectivity index (χ0) is 58.0. The van der Waals surface area contributed by atoms with Crippen LogP contribution in [0.3, 0.4) is 0 Å². The van der Waals surface area contributed by atoms with Crippen molar-refractivity contribution in [2.24, 2.45) is 39.6 Å². The molecule has 430 valence electrons. The Bertz CT molecular complexity index is 2070. The van der Waals surface area contributed by atoms with E-state index in [-0.39, 0.29) is 57.6 Å². The minimum atomic E-state index is -1.81. The van der Waals surface area contributed by atoms with Gasteiger partial charge in [0.25, 0.3) is 0 Å². The van der Waals surface area contributed by atoms with Crippen LogP contribution in [0.15, 0.2) is 4.99 Å². The molecule has 11 atom stereocenters. The molecule has 0 aromatic heterocycles. The normalized spacial score (nSPS) is 17.0. The predicted octanol–water partition coefficient (Wildman–Crippen LogP) is -7.35. The van der Waals surface area contributed by atoms with Crippen LogP contribution in [0.5, 0.6) is 0 Å². The van der Waals surface area contributed by atoms with Crippen LogP contribution in [0.1, 0.15) is 105 Å². The lowest BCUT2D eigenvalue weighted by molar-refractivity contribution is -0.145. The second-order valence-electron chi connectivity index (χ2n) is 18.7. The van der Waals surface area contributed by atoms with Crippen molar-refractivity contribution in [3.63, 3.8) is 0 Å². The molecule has 1 fully saturated rings. The van der Waals surface area contributed by atoms with E-state index < -0.39 is 163 Å². The Labute approximate surface area is 439 Å². The molecule has 22 N–H and O–H groups in total. The summed E-state index contributed by atoms with van der Waals surface area (Å²) in [6.45, 7) is 5.99. The van der Waals surface area contributed by atoms with Gasteiger partial charge in [0.1, 0.15) is 54.4 Å². The fourth-order valence-corrected chi connectivity index (χ4v) is 7.51. The molecular formula is C45H79N15O16. The van der Waals surface area contributed by atoms with Gasteiger partial charge in [0.2, 0.25) is 59.1 Å². The summed E-state index contributed by atoms with van der Waals surface area (Å²) in [5, 5.41) is 58.7. The third kappa shape index (κ3) is 23.5. The first-order valence-corrected chi connectivity index (χ1v) is 24.8. The Morgan fingerprint density at radius 3 is 1.63 bits per heavy atom. The standard InChI is InChI=1S/C45H79N15O16/c1-21(2)33(41(72)59-34(24(5)62)42(73)57-29(20-61)43(74)60-19-9-12-30(60)40(71)56-28(44(75)76)11-8-18-51-45(49)50)58-36(67)23(4)53-39(70)27(14-16-32(64)65)54-35(66)22(3)52-38(69)26(13-15-31(48)63)55-37(68)25(47)10-6-7-17-46/h21-30,33-34,61-62H,6-20,46-47H2,1-5H3,(H2,48,63)(H,52,69)(H,53,70)(H,54,66)(H,55,68)(H,56,71)(H,57,73)(H,58,67)(H,59,72)(H,64,65)(H,75,76)(H4,49,50,51)/t22-,23-,24+,25-,26-,27-,28-,29-,30-,33-,34-/m0/s1. The molecule has 1 aliphatic rings. The minimum absolute atomic E-state index is 0.00791. The summed E-state index contributed by atoms with van der Waals surface area (Å²) in [5.74, 6) is -13.0. The lowest BCUT2D eigenvalue weighted by Gasteiger charge is -2.31. The second-order valence-corrected chi connectivity index (χ2v) is 18.7. The van der Waals surface area contributed by atoms with Crippen molar-refractivity contribution < 1.29 is 78.0 Å². The SMILES string of the molecule is CC(C)[C@H](NC(=O)[C@H](C)NC(=O)[C@H](CCC(=O)O)NC(=O)[C@H](C)NC(=O)[C@H](CCC(N)=O)NC(=O)[C@@H](N)CCCCN)C(=O)N[C@H](C(=O)N[C@@H](CO)C(=O)N1CCC[C@H]1C(=O)N[C@@H](CCCN=C(N)N)C(=O)O)[C@@H](C)O. The number of carboxylic acid groups (broad SMARTS) is 2. The number of aliphatic hydroxyl groups excluding tert-OH is 2. The second kappa shape index (κ2) is 33.6. The topological polar surface area (TPSA) is 528 Å². The number of hydrogen-bond acceptors (Lipinski definition) is 17. The van der Waals surface area contributed by atoms with E-state index in [2.05, 4.69) is 47.5 Å². The molecule has 31 heteroatoms. The van der Waals surface area contributed by atoms with E-state index in [4.69, 9.17) is 28.7 Å². The van der Waals surface area contributed by atoms with Crippen LogP contribution in [-0.2, 0) is 57.5 Å². The number of nitrogens with two attached hydrogens (primary N) is 5. The molecule has 0 unspecified atom stereocenters. The predicted molar refractivity (Wildman–Crippen MR) is 269 cm³/mol. The number of nitrogens with zero attached hydrogens (tertiary/aromatic N) is 2. The molecule has 1 aliphatic heterocycles. The molecule has 0 radical (unpaired) electrons. The van der Waals surface area contributed by atoms with E-state index >= 15 is 0 Å². The van der Waals surface area contributed by atoms with E-state index in [1.807, 2.05) is 0 Å². The molecule has 1 saturated heterocycles. The summed E-state index contributed by atoms with van der Waals surface area (Å²) in [6.07, 6.45) is -1.49. The summed E-state index contributed by atoms with van der Waals surface area (Å²) in [5.41, 5.74) is 27.2. The van der Waals surface area contributed by atoms with Gasteiger partial charge in [-0.15, -0.1) is 0 Å². The van der Waals surface area contributed by atoms with Gasteiger partial charge in [-0.3, -0.25) is 57.7 Å². The Morgan fingerprint density at radius 2 is 1.13 bits per heavy atom. The number of hydrogen-bond donors (Lipinski definition) is 17. The van der Waals surface area contributed by atoms with Crippen molar-refractivity contribution in [3.8, 4) is 0 Å². The zero-order valence-corrected chi connectivity index (χ0v) is 43.5. The first-order chi connectivity index (χ1) is 35.6. The number of aliphatic hydroxyl groups is 2. The van der Waals surface area contributed by atoms with Crippen LogP contribution in [0, 0.1) is 5.92 Å². The maximum atomic E-state index is 13.7. The highest BCUT2D eigenvalue weighted by molar-refractivity contribution is 5.99. The number of amides is 10. The minimum Gasteiger partial charge on any atom is -0.481 e. The number of guanidine groups is 1. The Morgan fingerprint density at radius 1 is 0.605 bits per heavy atom. The van der Waals surface area contributed by atoms with Gasteiger partial charge in [0, 0.05) is 25.9 Å². The number of carbonyl (C=O) groups excluding carboxylic acids is 10. The average Bonchev–Trinajstić information content (AvgIpc) is 3.84. The van der Waals surface area contributed by atoms with Crippen molar-refractivity contribution in [2.75, 3.05) is 26.2 Å². The molecule has 1 heterocycles. The first-order valence-electron chi connectivity index (χ1n) is 24.8. The number of likely N-dealkylation sites (tertiary alicyclic amines) is 1. The average molecular weight is 1090 g/mol. The summed E-state index contributed by atoms with van der Waals surface area (Å²) in [6, 6.07) is -14.4. The number of carboxylic acids is 2. The molecule has 0 spiro atoms. The number of primary amides is 1. The highest BCUT2D eigenvalue weighted by atomic mass is 16.4. The van der Waals surface area contributed by atoms with Crippen molar-refractivity contribution in [3.05, 3.63) is 0 Å². The molecule has 0 aromatic rings. The smallest absolute Gasteiger partial charge is 0.326 e. The quantitative estimate of drug-likeness (QED) is 0.0159. The number of rotatable bonds is 35. The fraction of sp³-hybridized carbons (Fsp3) is 0.711. The van der Waals surface area contributed by atoms with E-state index in [1.165, 1.54) is 27.7 Å². The van der Waals surface area contributed by atoms with E-state index in [0.29, 0.717) is 25.8 Å². The third-order valence-electron chi connectivity index (χ3n) is 11.9.